The number of piperidine rings is 1. The summed E-state index contributed by atoms with van der Waals surface area (Å²) in [7, 11) is 0. The van der Waals surface area contributed by atoms with E-state index < -0.39 is 0 Å². The Morgan fingerprint density at radius 1 is 1.32 bits per heavy atom. The molecule has 1 aliphatic carbocycles. The van der Waals surface area contributed by atoms with Crippen molar-refractivity contribution in [1.82, 2.24) is 15.3 Å². The molecule has 0 spiro atoms. The van der Waals surface area contributed by atoms with Gasteiger partial charge in [0.15, 0.2) is 0 Å². The second-order valence-corrected chi connectivity index (χ2v) is 8.42. The van der Waals surface area contributed by atoms with Gasteiger partial charge in [0.05, 0.1) is 5.41 Å². The van der Waals surface area contributed by atoms with Crippen LogP contribution in [0.5, 0.6) is 0 Å². The Kier molecular flexibility index (Phi) is 5.15. The number of rotatable bonds is 5. The Morgan fingerprint density at radius 2 is 2.07 bits per heavy atom. The fraction of sp³-hybridized carbons (Fsp3) is 0.476. The first-order chi connectivity index (χ1) is 13.5. The Balaban J connectivity index is 1.37. The molecule has 4 rings (SSSR count). The highest BCUT2D eigenvalue weighted by Gasteiger charge is 2.51. The Morgan fingerprint density at radius 3 is 2.75 bits per heavy atom. The van der Waals surface area contributed by atoms with Gasteiger partial charge in [-0.1, -0.05) is 23.7 Å². The molecule has 7 heteroatoms. The van der Waals surface area contributed by atoms with Gasteiger partial charge in [-0.25, -0.2) is 4.98 Å². The maximum atomic E-state index is 12.9. The van der Waals surface area contributed by atoms with Gasteiger partial charge in [-0.3, -0.25) is 4.79 Å². The van der Waals surface area contributed by atoms with Crippen molar-refractivity contribution >= 4 is 29.3 Å². The molecule has 1 saturated carbocycles. The van der Waals surface area contributed by atoms with E-state index in [1.807, 2.05) is 37.3 Å². The number of nitrogens with zero attached hydrogens (tertiary/aromatic N) is 3. The molecule has 0 unspecified atom stereocenters. The molecule has 0 radical (unpaired) electrons. The summed E-state index contributed by atoms with van der Waals surface area (Å²) in [6.07, 6.45) is 3.98. The van der Waals surface area contributed by atoms with E-state index in [1.54, 1.807) is 0 Å². The van der Waals surface area contributed by atoms with Crippen LogP contribution in [-0.2, 0) is 10.2 Å². The van der Waals surface area contributed by atoms with Gasteiger partial charge < -0.3 is 16.0 Å². The number of halogens is 1. The highest BCUT2D eigenvalue weighted by Crippen LogP contribution is 2.48. The van der Waals surface area contributed by atoms with Gasteiger partial charge in [0.25, 0.3) is 0 Å². The smallest absolute Gasteiger partial charge is 0.230 e. The highest BCUT2D eigenvalue weighted by atomic mass is 35.5. The van der Waals surface area contributed by atoms with Crippen LogP contribution in [0, 0.1) is 12.8 Å². The van der Waals surface area contributed by atoms with Crippen LogP contribution in [0.4, 0.5) is 11.8 Å². The lowest BCUT2D eigenvalue weighted by atomic mass is 9.93. The number of carbonyl (C=O) groups is 1. The number of hydrogen-bond acceptors (Lipinski definition) is 5. The number of carbonyl (C=O) groups excluding carboxylic acids is 1. The number of aromatic nitrogens is 2. The van der Waals surface area contributed by atoms with Crippen molar-refractivity contribution in [3.05, 3.63) is 46.6 Å². The molecule has 2 aliphatic rings. The number of aryl methyl sites for hydroxylation is 1. The van der Waals surface area contributed by atoms with Crippen molar-refractivity contribution in [3.63, 3.8) is 0 Å². The van der Waals surface area contributed by atoms with Gasteiger partial charge in [-0.15, -0.1) is 0 Å². The lowest BCUT2D eigenvalue weighted by molar-refractivity contribution is -0.123. The number of nitrogens with one attached hydrogen (secondary N) is 1. The molecule has 1 aromatic carbocycles. The number of benzene rings is 1. The van der Waals surface area contributed by atoms with Crippen LogP contribution < -0.4 is 16.0 Å². The van der Waals surface area contributed by atoms with Gasteiger partial charge in [-0.05, 0) is 56.2 Å². The molecule has 1 amide bonds. The molecule has 1 saturated heterocycles. The van der Waals surface area contributed by atoms with E-state index in [9.17, 15) is 4.79 Å². The minimum Gasteiger partial charge on any atom is -0.368 e. The summed E-state index contributed by atoms with van der Waals surface area (Å²) in [6, 6.07) is 9.63. The fourth-order valence-corrected chi connectivity index (χ4v) is 4.25. The molecular formula is C21H26ClN5O. The van der Waals surface area contributed by atoms with E-state index >= 15 is 0 Å². The predicted molar refractivity (Wildman–Crippen MR) is 111 cm³/mol. The van der Waals surface area contributed by atoms with E-state index in [1.165, 1.54) is 0 Å². The molecule has 2 aromatic rings. The minimum atomic E-state index is -0.364. The lowest BCUT2D eigenvalue weighted by Gasteiger charge is -2.34. The molecule has 28 heavy (non-hydrogen) atoms. The number of amides is 1. The molecule has 6 nitrogen and oxygen atoms in total. The third-order valence-electron chi connectivity index (χ3n) is 5.83. The van der Waals surface area contributed by atoms with E-state index in [0.717, 1.165) is 55.8 Å². The van der Waals surface area contributed by atoms with Crippen molar-refractivity contribution in [3.8, 4) is 0 Å². The number of hydrogen-bond donors (Lipinski definition) is 2. The van der Waals surface area contributed by atoms with Crippen LogP contribution in [0.15, 0.2) is 30.3 Å². The highest BCUT2D eigenvalue weighted by molar-refractivity contribution is 6.30. The van der Waals surface area contributed by atoms with Gasteiger partial charge in [0.1, 0.15) is 5.82 Å². The zero-order valence-electron chi connectivity index (χ0n) is 16.1. The normalized spacial score (nSPS) is 20.6. The topological polar surface area (TPSA) is 84.1 Å². The molecular weight excluding hydrogens is 374 g/mol. The van der Waals surface area contributed by atoms with Crippen LogP contribution in [-0.4, -0.2) is 35.5 Å². The molecule has 148 valence electrons. The standard InChI is InChI=1S/C21H26ClN5O/c1-14-11-18(26-20(23)25-14)27-10-2-3-15(13-27)12-24-19(28)21(8-9-21)16-4-6-17(22)7-5-16/h4-7,11,15H,2-3,8-10,12-13H2,1H3,(H,24,28)(H2,23,25,26)/t15-/m1/s1. The molecule has 2 heterocycles. The summed E-state index contributed by atoms with van der Waals surface area (Å²) >= 11 is 5.99. The quantitative estimate of drug-likeness (QED) is 0.807. The summed E-state index contributed by atoms with van der Waals surface area (Å²) in [4.78, 5) is 23.7. The van der Waals surface area contributed by atoms with Gasteiger partial charge in [0.2, 0.25) is 11.9 Å². The Hall–Kier alpha value is -2.34. The maximum absolute atomic E-state index is 12.9. The zero-order chi connectivity index (χ0) is 19.7. The van der Waals surface area contributed by atoms with Gasteiger partial charge >= 0.3 is 0 Å². The van der Waals surface area contributed by atoms with Crippen LogP contribution in [0.2, 0.25) is 5.02 Å². The van der Waals surface area contributed by atoms with Crippen molar-refractivity contribution < 1.29 is 4.79 Å². The van der Waals surface area contributed by atoms with Crippen molar-refractivity contribution in [2.75, 3.05) is 30.3 Å². The van der Waals surface area contributed by atoms with Crippen molar-refractivity contribution in [1.29, 1.82) is 0 Å². The molecule has 0 bridgehead atoms. The lowest BCUT2D eigenvalue weighted by Crippen LogP contribution is -2.43. The summed E-state index contributed by atoms with van der Waals surface area (Å²) in [5.74, 6) is 1.72. The zero-order valence-corrected chi connectivity index (χ0v) is 16.9. The fourth-order valence-electron chi connectivity index (χ4n) is 4.12. The number of nitrogens with two attached hydrogens (primary N) is 1. The van der Waals surface area contributed by atoms with Crippen LogP contribution in [0.1, 0.15) is 36.9 Å². The van der Waals surface area contributed by atoms with E-state index in [2.05, 4.69) is 20.2 Å². The predicted octanol–water partition coefficient (Wildman–Crippen LogP) is 3.09. The van der Waals surface area contributed by atoms with Gasteiger partial charge in [0, 0.05) is 36.4 Å². The second-order valence-electron chi connectivity index (χ2n) is 7.98. The SMILES string of the molecule is Cc1cc(N2CCC[C@H](CNC(=O)C3(c4ccc(Cl)cc4)CC3)C2)nc(N)n1. The first-order valence-corrected chi connectivity index (χ1v) is 10.2. The Labute approximate surface area is 170 Å². The van der Waals surface area contributed by atoms with E-state index in [4.69, 9.17) is 17.3 Å². The third-order valence-corrected chi connectivity index (χ3v) is 6.09. The van der Waals surface area contributed by atoms with Crippen molar-refractivity contribution in [2.45, 2.75) is 38.0 Å². The monoisotopic (exact) mass is 399 g/mol. The van der Waals surface area contributed by atoms with Crippen LogP contribution in [0.3, 0.4) is 0 Å². The molecule has 1 atom stereocenters. The first kappa shape index (κ1) is 19.0. The summed E-state index contributed by atoms with van der Waals surface area (Å²) in [5, 5.41) is 3.90. The first-order valence-electron chi connectivity index (χ1n) is 9.87. The minimum absolute atomic E-state index is 0.133. The summed E-state index contributed by atoms with van der Waals surface area (Å²) < 4.78 is 0. The third kappa shape index (κ3) is 3.92. The second kappa shape index (κ2) is 7.59. The average molecular weight is 400 g/mol. The summed E-state index contributed by atoms with van der Waals surface area (Å²) in [5.41, 5.74) is 7.37. The van der Waals surface area contributed by atoms with Gasteiger partial charge in [-0.2, -0.15) is 4.98 Å². The average Bonchev–Trinajstić information content (AvgIpc) is 3.48. The van der Waals surface area contributed by atoms with Crippen LogP contribution >= 0.6 is 11.6 Å². The maximum Gasteiger partial charge on any atom is 0.230 e. The molecule has 1 aliphatic heterocycles. The molecule has 1 aromatic heterocycles. The summed E-state index contributed by atoms with van der Waals surface area (Å²) in [6.45, 7) is 4.43. The van der Waals surface area contributed by atoms with Crippen molar-refractivity contribution in [2.24, 2.45) is 5.92 Å². The Bertz CT molecular complexity index is 845. The van der Waals surface area contributed by atoms with Crippen LogP contribution in [0.25, 0.3) is 0 Å². The number of anilines is 2. The number of nitrogen functional groups attached to an aromatic ring is 1. The van der Waals surface area contributed by atoms with E-state index in [-0.39, 0.29) is 11.3 Å². The largest absolute Gasteiger partial charge is 0.368 e. The molecule has 2 fully saturated rings. The van der Waals surface area contributed by atoms with E-state index in [0.29, 0.717) is 23.4 Å². The molecule has 3 N–H and O–H groups in total.